The van der Waals surface area contributed by atoms with E-state index in [1.807, 2.05) is 24.3 Å². The molecule has 0 saturated carbocycles. The van der Waals surface area contributed by atoms with Crippen LogP contribution in [0.25, 0.3) is 10.9 Å². The molecule has 0 radical (unpaired) electrons. The van der Waals surface area contributed by atoms with Crippen LogP contribution in [0.15, 0.2) is 24.3 Å². The maximum atomic E-state index is 12.6. The van der Waals surface area contributed by atoms with Gasteiger partial charge in [-0.05, 0) is 75.6 Å². The molecule has 1 aromatic carbocycles. The van der Waals surface area contributed by atoms with Gasteiger partial charge in [0.15, 0.2) is 0 Å². The first-order valence-corrected chi connectivity index (χ1v) is 13.7. The lowest BCUT2D eigenvalue weighted by Gasteiger charge is -2.46. The summed E-state index contributed by atoms with van der Waals surface area (Å²) >= 11 is 0. The second kappa shape index (κ2) is 13.9. The lowest BCUT2D eigenvalue weighted by atomic mass is 9.83. The number of hydrogen-bond acceptors (Lipinski definition) is 5. The number of carbonyl (C=O) groups is 1. The Bertz CT molecular complexity index is 991. The van der Waals surface area contributed by atoms with Crippen molar-refractivity contribution in [1.29, 1.82) is 0 Å². The first-order chi connectivity index (χ1) is 17.0. The van der Waals surface area contributed by atoms with Crippen LogP contribution in [0, 0.1) is 11.8 Å². The molecule has 0 aliphatic carbocycles. The predicted octanol–water partition coefficient (Wildman–Crippen LogP) is 5.86. The zero-order valence-corrected chi connectivity index (χ0v) is 23.9. The van der Waals surface area contributed by atoms with E-state index in [0.717, 1.165) is 54.5 Å². The van der Waals surface area contributed by atoms with Crippen molar-refractivity contribution in [2.75, 3.05) is 39.3 Å². The van der Waals surface area contributed by atoms with E-state index in [1.165, 1.54) is 51.7 Å². The average molecular weight is 556 g/mol. The molecule has 0 spiro atoms. The number of nitrogens with zero attached hydrogens (tertiary/aromatic N) is 2. The topological polar surface area (TPSA) is 69.8 Å². The molecule has 37 heavy (non-hydrogen) atoms. The summed E-state index contributed by atoms with van der Waals surface area (Å²) in [5.41, 5.74) is 0.904. The highest BCUT2D eigenvalue weighted by molar-refractivity contribution is 5.88. The van der Waals surface area contributed by atoms with Gasteiger partial charge >= 0.3 is 6.09 Å². The van der Waals surface area contributed by atoms with Crippen LogP contribution in [0.4, 0.5) is 4.79 Å². The lowest BCUT2D eigenvalue weighted by molar-refractivity contribution is 0.0353. The molecule has 3 aliphatic heterocycles. The highest BCUT2D eigenvalue weighted by atomic mass is 35.5. The Balaban J connectivity index is 0.00000190. The van der Waals surface area contributed by atoms with Crippen LogP contribution in [0.2, 0.25) is 0 Å². The summed E-state index contributed by atoms with van der Waals surface area (Å²) < 4.78 is 11.5. The summed E-state index contributed by atoms with van der Waals surface area (Å²) in [5.74, 6) is 2.52. The molecule has 2 atom stereocenters. The Kier molecular flexibility index (Phi) is 11.2. The number of H-pyrrole nitrogens is 1. The third-order valence-corrected chi connectivity index (χ3v) is 8.01. The van der Waals surface area contributed by atoms with Crippen molar-refractivity contribution in [3.63, 3.8) is 0 Å². The summed E-state index contributed by atoms with van der Waals surface area (Å²) in [5, 5.41) is 4.02. The monoisotopic (exact) mass is 554 g/mol. The first kappa shape index (κ1) is 29.9. The van der Waals surface area contributed by atoms with Gasteiger partial charge in [-0.2, -0.15) is 0 Å². The van der Waals surface area contributed by atoms with E-state index in [2.05, 4.69) is 33.9 Å². The molecule has 1 amide bonds. The van der Waals surface area contributed by atoms with Gasteiger partial charge in [-0.3, -0.25) is 0 Å². The number of benzene rings is 1. The lowest BCUT2D eigenvalue weighted by Crippen LogP contribution is -2.52. The molecular weight excluding hydrogens is 511 g/mol. The number of halogens is 2. The van der Waals surface area contributed by atoms with Crippen LogP contribution >= 0.6 is 24.8 Å². The van der Waals surface area contributed by atoms with Gasteiger partial charge in [0.25, 0.3) is 0 Å². The Hall–Kier alpha value is -1.67. The minimum Gasteiger partial charge on any atom is -0.493 e. The van der Waals surface area contributed by atoms with Crippen LogP contribution in [-0.4, -0.2) is 72.3 Å². The Morgan fingerprint density at radius 2 is 1.84 bits per heavy atom. The van der Waals surface area contributed by atoms with Gasteiger partial charge in [0, 0.05) is 43.2 Å². The molecule has 3 aliphatic rings. The minimum atomic E-state index is -0.384. The van der Waals surface area contributed by atoms with Crippen LogP contribution in [-0.2, 0) is 0 Å². The molecule has 9 heteroatoms. The highest BCUT2D eigenvalue weighted by Gasteiger charge is 2.34. The van der Waals surface area contributed by atoms with Crippen molar-refractivity contribution < 1.29 is 14.3 Å². The van der Waals surface area contributed by atoms with E-state index in [1.54, 1.807) is 0 Å². The second-order valence-electron chi connectivity index (χ2n) is 11.2. The SMILES string of the molecule is CC(C)COc1cccc2[nH]c(OC(=O)NC3CCN(CC4CCCN5CCCCC45)CC3)cc12.Cl.Cl. The van der Waals surface area contributed by atoms with Crippen molar-refractivity contribution in [3.05, 3.63) is 24.3 Å². The smallest absolute Gasteiger partial charge is 0.414 e. The van der Waals surface area contributed by atoms with Gasteiger partial charge in [0.2, 0.25) is 5.88 Å². The van der Waals surface area contributed by atoms with Crippen LogP contribution in [0.5, 0.6) is 11.6 Å². The van der Waals surface area contributed by atoms with E-state index < -0.39 is 0 Å². The molecule has 2 N–H and O–H groups in total. The fourth-order valence-electron chi connectivity index (χ4n) is 6.22. The number of ether oxygens (including phenoxy) is 2. The van der Waals surface area contributed by atoms with Crippen molar-refractivity contribution in [2.24, 2.45) is 11.8 Å². The molecule has 7 nitrogen and oxygen atoms in total. The quantitative estimate of drug-likeness (QED) is 0.448. The van der Waals surface area contributed by atoms with Crippen molar-refractivity contribution in [2.45, 2.75) is 70.9 Å². The third-order valence-electron chi connectivity index (χ3n) is 8.01. The van der Waals surface area contributed by atoms with Crippen molar-refractivity contribution >= 4 is 41.8 Å². The number of fused-ring (bicyclic) bond motifs is 2. The number of carbonyl (C=O) groups excluding carboxylic acids is 1. The molecule has 4 heterocycles. The van der Waals surface area contributed by atoms with Gasteiger partial charge in [-0.1, -0.05) is 26.3 Å². The van der Waals surface area contributed by atoms with Gasteiger partial charge in [-0.25, -0.2) is 4.79 Å². The molecule has 2 unspecified atom stereocenters. The van der Waals surface area contributed by atoms with Crippen LogP contribution in [0.3, 0.4) is 0 Å². The fourth-order valence-corrected chi connectivity index (χ4v) is 6.22. The predicted molar refractivity (Wildman–Crippen MR) is 154 cm³/mol. The largest absolute Gasteiger partial charge is 0.493 e. The Labute approximate surface area is 233 Å². The van der Waals surface area contributed by atoms with Gasteiger partial charge < -0.3 is 29.6 Å². The van der Waals surface area contributed by atoms with E-state index in [-0.39, 0.29) is 36.9 Å². The van der Waals surface area contributed by atoms with Gasteiger partial charge in [0.1, 0.15) is 5.75 Å². The summed E-state index contributed by atoms with van der Waals surface area (Å²) in [7, 11) is 0. The number of aromatic nitrogens is 1. The number of hydrogen-bond donors (Lipinski definition) is 2. The zero-order valence-electron chi connectivity index (χ0n) is 22.2. The van der Waals surface area contributed by atoms with Crippen LogP contribution in [0.1, 0.15) is 58.8 Å². The van der Waals surface area contributed by atoms with Crippen molar-refractivity contribution in [1.82, 2.24) is 20.1 Å². The molecule has 2 aromatic rings. The molecule has 0 bridgehead atoms. The third kappa shape index (κ3) is 7.69. The molecule has 208 valence electrons. The minimum absolute atomic E-state index is 0. The van der Waals surface area contributed by atoms with Gasteiger partial charge in [-0.15, -0.1) is 24.8 Å². The zero-order chi connectivity index (χ0) is 24.2. The normalized spacial score (nSPS) is 23.1. The molecule has 5 rings (SSSR count). The average Bonchev–Trinajstić information content (AvgIpc) is 3.27. The highest BCUT2D eigenvalue weighted by Crippen LogP contribution is 2.32. The molecule has 3 fully saturated rings. The number of amides is 1. The first-order valence-electron chi connectivity index (χ1n) is 13.7. The van der Waals surface area contributed by atoms with E-state index in [4.69, 9.17) is 9.47 Å². The maximum Gasteiger partial charge on any atom is 0.414 e. The standard InChI is InChI=1S/C28H42N4O3.2ClH/c1-20(2)19-34-26-10-5-8-24-23(26)17-27(30-24)35-28(33)29-22-11-15-31(16-12-22)18-21-7-6-14-32-13-4-3-9-25(21)32;;/h5,8,10,17,20-22,25,30H,3-4,6-7,9,11-16,18-19H2,1-2H3,(H,29,33);2*1H. The number of piperidine rings is 3. The van der Waals surface area contributed by atoms with E-state index >= 15 is 0 Å². The molecule has 3 saturated heterocycles. The van der Waals surface area contributed by atoms with Crippen molar-refractivity contribution in [3.8, 4) is 11.6 Å². The summed E-state index contributed by atoms with van der Waals surface area (Å²) in [6, 6.07) is 8.70. The van der Waals surface area contributed by atoms with Crippen LogP contribution < -0.4 is 14.8 Å². The van der Waals surface area contributed by atoms with E-state index in [9.17, 15) is 4.79 Å². The summed E-state index contributed by atoms with van der Waals surface area (Å²) in [6.07, 6.45) is 8.46. The number of nitrogens with one attached hydrogen (secondary N) is 2. The number of rotatable bonds is 7. The van der Waals surface area contributed by atoms with E-state index in [0.29, 0.717) is 18.4 Å². The summed E-state index contributed by atoms with van der Waals surface area (Å²) in [6.45, 7) is 10.8. The summed E-state index contributed by atoms with van der Waals surface area (Å²) in [4.78, 5) is 21.2. The Morgan fingerprint density at radius 3 is 2.62 bits per heavy atom. The fraction of sp³-hybridized carbons (Fsp3) is 0.679. The number of likely N-dealkylation sites (tertiary alicyclic amines) is 1. The maximum absolute atomic E-state index is 12.6. The molecule has 1 aromatic heterocycles. The van der Waals surface area contributed by atoms with Gasteiger partial charge in [0.05, 0.1) is 12.1 Å². The Morgan fingerprint density at radius 1 is 1.05 bits per heavy atom. The second-order valence-corrected chi connectivity index (χ2v) is 11.2. The molecular formula is C28H44Cl2N4O3. The number of aromatic amines is 1.